The van der Waals surface area contributed by atoms with Gasteiger partial charge in [0.15, 0.2) is 0 Å². The van der Waals surface area contributed by atoms with Crippen LogP contribution in [0.25, 0.3) is 16.6 Å². The van der Waals surface area contributed by atoms with Crippen LogP contribution < -0.4 is 5.32 Å². The van der Waals surface area contributed by atoms with Crippen molar-refractivity contribution < 1.29 is 9.59 Å². The predicted molar refractivity (Wildman–Crippen MR) is 112 cm³/mol. The van der Waals surface area contributed by atoms with Crippen molar-refractivity contribution in [3.63, 3.8) is 0 Å². The van der Waals surface area contributed by atoms with E-state index in [0.717, 1.165) is 27.8 Å². The number of Topliss-reactive ketones (excluding diaryl/α,β-unsaturated/α-hetero) is 1. The van der Waals surface area contributed by atoms with Gasteiger partial charge in [0.2, 0.25) is 0 Å². The number of amides is 1. The van der Waals surface area contributed by atoms with E-state index in [0.29, 0.717) is 11.4 Å². The monoisotopic (exact) mass is 368 g/mol. The Kier molecular flexibility index (Phi) is 4.53. The molecule has 1 amide bonds. The minimum Gasteiger partial charge on any atom is -0.319 e. The number of hydrogen-bond acceptors (Lipinski definition) is 2. The van der Waals surface area contributed by atoms with Gasteiger partial charge in [0.05, 0.1) is 0 Å². The van der Waals surface area contributed by atoms with E-state index < -0.39 is 11.7 Å². The van der Waals surface area contributed by atoms with Crippen molar-refractivity contribution >= 4 is 22.9 Å². The van der Waals surface area contributed by atoms with Crippen LogP contribution in [0.15, 0.2) is 79.0 Å². The first-order valence-corrected chi connectivity index (χ1v) is 9.13. The molecule has 2 aromatic carbocycles. The molecule has 2 heterocycles. The maximum Gasteiger partial charge on any atom is 0.298 e. The number of rotatable bonds is 4. The fraction of sp³-hybridized carbons (Fsp3) is 0.0833. The second-order valence-electron chi connectivity index (χ2n) is 6.87. The summed E-state index contributed by atoms with van der Waals surface area (Å²) in [6.45, 7) is 3.90. The van der Waals surface area contributed by atoms with Crippen molar-refractivity contribution in [1.82, 2.24) is 4.40 Å². The van der Waals surface area contributed by atoms with Crippen molar-refractivity contribution in [2.75, 3.05) is 5.32 Å². The molecule has 28 heavy (non-hydrogen) atoms. The van der Waals surface area contributed by atoms with Gasteiger partial charge in [-0.2, -0.15) is 0 Å². The molecule has 0 aliphatic heterocycles. The van der Waals surface area contributed by atoms with Crippen LogP contribution in [0.1, 0.15) is 21.6 Å². The Morgan fingerprint density at radius 1 is 0.857 bits per heavy atom. The van der Waals surface area contributed by atoms with Crippen molar-refractivity contribution in [3.05, 3.63) is 95.8 Å². The zero-order valence-electron chi connectivity index (χ0n) is 15.8. The molecule has 0 aliphatic carbocycles. The van der Waals surface area contributed by atoms with Crippen LogP contribution in [-0.2, 0) is 4.79 Å². The van der Waals surface area contributed by atoms with Crippen molar-refractivity contribution in [2.24, 2.45) is 0 Å². The fourth-order valence-electron chi connectivity index (χ4n) is 3.43. The number of fused-ring (bicyclic) bond motifs is 1. The van der Waals surface area contributed by atoms with Gasteiger partial charge in [0.25, 0.3) is 11.7 Å². The molecular formula is C24H20N2O2. The summed E-state index contributed by atoms with van der Waals surface area (Å²) in [6, 6.07) is 23.0. The Hall–Kier alpha value is -3.66. The van der Waals surface area contributed by atoms with E-state index in [1.54, 1.807) is 10.6 Å². The van der Waals surface area contributed by atoms with E-state index in [4.69, 9.17) is 0 Å². The largest absolute Gasteiger partial charge is 0.319 e. The molecule has 1 N–H and O–H groups in total. The molecule has 0 saturated heterocycles. The minimum absolute atomic E-state index is 0.365. The summed E-state index contributed by atoms with van der Waals surface area (Å²) in [7, 11) is 0. The SMILES string of the molecule is Cc1ccc(NC(=O)C(=O)c2c(-c3ccccc3)cc3ccccn23)c(C)c1. The van der Waals surface area contributed by atoms with Gasteiger partial charge in [-0.3, -0.25) is 9.59 Å². The van der Waals surface area contributed by atoms with Crippen LogP contribution in [0.4, 0.5) is 5.69 Å². The summed E-state index contributed by atoms with van der Waals surface area (Å²) >= 11 is 0. The topological polar surface area (TPSA) is 50.6 Å². The van der Waals surface area contributed by atoms with Gasteiger partial charge in [-0.1, -0.05) is 54.1 Å². The molecule has 4 rings (SSSR count). The lowest BCUT2D eigenvalue weighted by molar-refractivity contribution is -0.112. The summed E-state index contributed by atoms with van der Waals surface area (Å²) in [5.74, 6) is -1.21. The highest BCUT2D eigenvalue weighted by atomic mass is 16.2. The van der Waals surface area contributed by atoms with Gasteiger partial charge < -0.3 is 9.72 Å². The van der Waals surface area contributed by atoms with E-state index in [2.05, 4.69) is 5.32 Å². The number of benzene rings is 2. The molecule has 2 aromatic heterocycles. The van der Waals surface area contributed by atoms with Crippen LogP contribution in [0.3, 0.4) is 0 Å². The lowest BCUT2D eigenvalue weighted by Gasteiger charge is -2.10. The quantitative estimate of drug-likeness (QED) is 0.405. The highest BCUT2D eigenvalue weighted by molar-refractivity contribution is 6.47. The fourth-order valence-corrected chi connectivity index (χ4v) is 3.43. The molecule has 0 unspecified atom stereocenters. The van der Waals surface area contributed by atoms with Crippen LogP contribution in [0.2, 0.25) is 0 Å². The number of pyridine rings is 1. The van der Waals surface area contributed by atoms with Crippen molar-refractivity contribution in [1.29, 1.82) is 0 Å². The molecule has 0 saturated carbocycles. The molecule has 138 valence electrons. The molecular weight excluding hydrogens is 348 g/mol. The van der Waals surface area contributed by atoms with Crippen LogP contribution >= 0.6 is 0 Å². The average Bonchev–Trinajstić information content (AvgIpc) is 3.09. The highest BCUT2D eigenvalue weighted by Gasteiger charge is 2.25. The predicted octanol–water partition coefficient (Wildman–Crippen LogP) is 5.04. The number of carbonyl (C=O) groups is 2. The zero-order valence-corrected chi connectivity index (χ0v) is 15.8. The second kappa shape index (κ2) is 7.16. The lowest BCUT2D eigenvalue weighted by Crippen LogP contribution is -2.25. The van der Waals surface area contributed by atoms with Crippen molar-refractivity contribution in [2.45, 2.75) is 13.8 Å². The lowest BCUT2D eigenvalue weighted by atomic mass is 10.0. The first kappa shape index (κ1) is 17.7. The Morgan fingerprint density at radius 3 is 2.36 bits per heavy atom. The first-order chi connectivity index (χ1) is 13.5. The maximum absolute atomic E-state index is 13.2. The second-order valence-corrected chi connectivity index (χ2v) is 6.87. The van der Waals surface area contributed by atoms with Crippen molar-refractivity contribution in [3.8, 4) is 11.1 Å². The number of nitrogens with zero attached hydrogens (tertiary/aromatic N) is 1. The molecule has 0 aliphatic rings. The first-order valence-electron chi connectivity index (χ1n) is 9.13. The maximum atomic E-state index is 13.2. The summed E-state index contributed by atoms with van der Waals surface area (Å²) in [5.41, 5.74) is 5.54. The molecule has 4 heteroatoms. The van der Waals surface area contributed by atoms with Gasteiger partial charge in [-0.15, -0.1) is 0 Å². The van der Waals surface area contributed by atoms with Gasteiger partial charge >= 0.3 is 0 Å². The van der Waals surface area contributed by atoms with E-state index >= 15 is 0 Å². The molecule has 0 fully saturated rings. The number of carbonyl (C=O) groups excluding carboxylic acids is 2. The molecule has 0 atom stereocenters. The smallest absolute Gasteiger partial charge is 0.298 e. The van der Waals surface area contributed by atoms with Gasteiger partial charge in [0, 0.05) is 23.0 Å². The Labute approximate surface area is 163 Å². The minimum atomic E-state index is -0.645. The number of aryl methyl sites for hydroxylation is 2. The Bertz CT molecular complexity index is 1190. The zero-order chi connectivity index (χ0) is 19.7. The number of anilines is 1. The normalized spacial score (nSPS) is 10.8. The standard InChI is InChI=1S/C24H20N2O2/c1-16-11-12-21(17(2)14-16)25-24(28)23(27)22-20(18-8-4-3-5-9-18)15-19-10-6-7-13-26(19)22/h3-15H,1-2H3,(H,25,28). The number of ketones is 1. The number of aromatic nitrogens is 1. The number of hydrogen-bond donors (Lipinski definition) is 1. The number of nitrogens with one attached hydrogen (secondary N) is 1. The highest BCUT2D eigenvalue weighted by Crippen LogP contribution is 2.28. The molecule has 0 bridgehead atoms. The van der Waals surface area contributed by atoms with Crippen LogP contribution in [0, 0.1) is 13.8 Å². The third-order valence-corrected chi connectivity index (χ3v) is 4.82. The third-order valence-electron chi connectivity index (χ3n) is 4.82. The molecule has 4 aromatic rings. The molecule has 0 spiro atoms. The summed E-state index contributed by atoms with van der Waals surface area (Å²) < 4.78 is 1.77. The van der Waals surface area contributed by atoms with E-state index in [9.17, 15) is 9.59 Å². The molecule has 0 radical (unpaired) electrons. The Balaban J connectivity index is 1.77. The third kappa shape index (κ3) is 3.21. The van der Waals surface area contributed by atoms with E-state index in [1.165, 1.54) is 0 Å². The van der Waals surface area contributed by atoms with Gasteiger partial charge in [-0.25, -0.2) is 0 Å². The van der Waals surface area contributed by atoms with Crippen LogP contribution in [0.5, 0.6) is 0 Å². The average molecular weight is 368 g/mol. The Morgan fingerprint density at radius 2 is 1.61 bits per heavy atom. The van der Waals surface area contributed by atoms with E-state index in [1.807, 2.05) is 86.6 Å². The van der Waals surface area contributed by atoms with Crippen LogP contribution in [-0.4, -0.2) is 16.1 Å². The van der Waals surface area contributed by atoms with Gasteiger partial charge in [-0.05, 0) is 49.2 Å². The summed E-state index contributed by atoms with van der Waals surface area (Å²) in [4.78, 5) is 26.0. The molecule has 4 nitrogen and oxygen atoms in total. The summed E-state index contributed by atoms with van der Waals surface area (Å²) in [6.07, 6.45) is 1.80. The van der Waals surface area contributed by atoms with Gasteiger partial charge in [0.1, 0.15) is 5.69 Å². The van der Waals surface area contributed by atoms with E-state index in [-0.39, 0.29) is 0 Å². The summed E-state index contributed by atoms with van der Waals surface area (Å²) in [5, 5.41) is 2.77.